The van der Waals surface area contributed by atoms with Gasteiger partial charge in [-0.25, -0.2) is 9.97 Å². The van der Waals surface area contributed by atoms with Crippen LogP contribution in [0.2, 0.25) is 0 Å². The number of rotatable bonds is 6. The van der Waals surface area contributed by atoms with Crippen molar-refractivity contribution in [3.05, 3.63) is 30.0 Å². The Morgan fingerprint density at radius 1 is 1.17 bits per heavy atom. The average Bonchev–Trinajstić information content (AvgIpc) is 2.39. The van der Waals surface area contributed by atoms with Crippen LogP contribution in [0.3, 0.4) is 0 Å². The number of fused-ring (bicyclic) bond motifs is 1. The van der Waals surface area contributed by atoms with Gasteiger partial charge in [-0.3, -0.25) is 0 Å². The summed E-state index contributed by atoms with van der Waals surface area (Å²) in [4.78, 5) is 9.04. The maximum atomic E-state index is 5.34. The molecule has 0 saturated carbocycles. The highest BCUT2D eigenvalue weighted by Gasteiger charge is 2.03. The molecule has 1 heterocycles. The minimum atomic E-state index is 0.550. The fourth-order valence-corrected chi connectivity index (χ4v) is 1.68. The van der Waals surface area contributed by atoms with E-state index in [9.17, 15) is 0 Å². The standard InChI is InChI=1S/C13H18N4O/c1-10-13(15-7-9-18-8-6-14)17-12-5-3-2-4-11(12)16-10/h2-5H,6-9,14H2,1H3,(H,15,17). The van der Waals surface area contributed by atoms with Crippen molar-refractivity contribution in [2.45, 2.75) is 6.92 Å². The van der Waals surface area contributed by atoms with E-state index >= 15 is 0 Å². The first kappa shape index (κ1) is 12.7. The Bertz CT molecular complexity index is 515. The van der Waals surface area contributed by atoms with Crippen LogP contribution in [-0.4, -0.2) is 36.3 Å². The molecule has 0 atom stereocenters. The minimum Gasteiger partial charge on any atom is -0.378 e. The summed E-state index contributed by atoms with van der Waals surface area (Å²) in [6, 6.07) is 7.84. The van der Waals surface area contributed by atoms with Crippen molar-refractivity contribution in [1.82, 2.24) is 9.97 Å². The summed E-state index contributed by atoms with van der Waals surface area (Å²) >= 11 is 0. The molecule has 2 rings (SSSR count). The van der Waals surface area contributed by atoms with Gasteiger partial charge >= 0.3 is 0 Å². The molecule has 3 N–H and O–H groups in total. The number of aryl methyl sites for hydroxylation is 1. The summed E-state index contributed by atoms with van der Waals surface area (Å²) in [7, 11) is 0. The molecule has 0 unspecified atom stereocenters. The van der Waals surface area contributed by atoms with Gasteiger partial charge in [-0.2, -0.15) is 0 Å². The predicted molar refractivity (Wildman–Crippen MR) is 72.6 cm³/mol. The highest BCUT2D eigenvalue weighted by molar-refractivity contribution is 5.76. The molecule has 5 nitrogen and oxygen atoms in total. The predicted octanol–water partition coefficient (Wildman–Crippen LogP) is 1.33. The fourth-order valence-electron chi connectivity index (χ4n) is 1.68. The van der Waals surface area contributed by atoms with Crippen molar-refractivity contribution in [2.75, 3.05) is 31.6 Å². The molecule has 2 aromatic rings. The molecule has 0 aliphatic rings. The quantitative estimate of drug-likeness (QED) is 0.752. The SMILES string of the molecule is Cc1nc2ccccc2nc1NCCOCCN. The van der Waals surface area contributed by atoms with Gasteiger partial charge in [-0.1, -0.05) is 12.1 Å². The van der Waals surface area contributed by atoms with Crippen molar-refractivity contribution in [1.29, 1.82) is 0 Å². The van der Waals surface area contributed by atoms with Gasteiger partial charge in [0, 0.05) is 13.1 Å². The monoisotopic (exact) mass is 246 g/mol. The maximum Gasteiger partial charge on any atom is 0.148 e. The van der Waals surface area contributed by atoms with E-state index in [1.807, 2.05) is 31.2 Å². The van der Waals surface area contributed by atoms with Crippen molar-refractivity contribution < 1.29 is 4.74 Å². The third kappa shape index (κ3) is 3.15. The van der Waals surface area contributed by atoms with E-state index in [1.54, 1.807) is 0 Å². The summed E-state index contributed by atoms with van der Waals surface area (Å²) in [5, 5.41) is 3.22. The number of anilines is 1. The lowest BCUT2D eigenvalue weighted by molar-refractivity contribution is 0.151. The Morgan fingerprint density at radius 3 is 2.61 bits per heavy atom. The lowest BCUT2D eigenvalue weighted by atomic mass is 10.3. The second kappa shape index (κ2) is 6.28. The Kier molecular flexibility index (Phi) is 4.44. The molecule has 0 aliphatic carbocycles. The number of hydrogen-bond acceptors (Lipinski definition) is 5. The third-order valence-electron chi connectivity index (χ3n) is 2.55. The molecule has 18 heavy (non-hydrogen) atoms. The molecule has 96 valence electrons. The Morgan fingerprint density at radius 2 is 1.89 bits per heavy atom. The molecular weight excluding hydrogens is 228 g/mol. The number of nitrogens with two attached hydrogens (primary N) is 1. The molecular formula is C13H18N4O. The van der Waals surface area contributed by atoms with Crippen LogP contribution in [0.5, 0.6) is 0 Å². The fraction of sp³-hybridized carbons (Fsp3) is 0.385. The maximum absolute atomic E-state index is 5.34. The van der Waals surface area contributed by atoms with Crippen LogP contribution in [0.15, 0.2) is 24.3 Å². The molecule has 0 aliphatic heterocycles. The van der Waals surface area contributed by atoms with E-state index in [4.69, 9.17) is 10.5 Å². The van der Waals surface area contributed by atoms with E-state index in [1.165, 1.54) is 0 Å². The van der Waals surface area contributed by atoms with Crippen molar-refractivity contribution in [3.8, 4) is 0 Å². The lowest BCUT2D eigenvalue weighted by Gasteiger charge is -2.09. The number of aromatic nitrogens is 2. The van der Waals surface area contributed by atoms with E-state index in [0.717, 1.165) is 22.5 Å². The van der Waals surface area contributed by atoms with Crippen LogP contribution in [-0.2, 0) is 4.74 Å². The van der Waals surface area contributed by atoms with Crippen LogP contribution in [0.25, 0.3) is 11.0 Å². The second-order valence-corrected chi connectivity index (χ2v) is 3.97. The summed E-state index contributed by atoms with van der Waals surface area (Å²) in [6.45, 7) is 4.40. The van der Waals surface area contributed by atoms with E-state index in [2.05, 4.69) is 15.3 Å². The van der Waals surface area contributed by atoms with Gasteiger partial charge in [0.25, 0.3) is 0 Å². The zero-order valence-corrected chi connectivity index (χ0v) is 10.5. The highest BCUT2D eigenvalue weighted by atomic mass is 16.5. The first-order chi connectivity index (χ1) is 8.81. The summed E-state index contributed by atoms with van der Waals surface area (Å²) in [5.74, 6) is 0.810. The smallest absolute Gasteiger partial charge is 0.148 e. The molecule has 5 heteroatoms. The van der Waals surface area contributed by atoms with Crippen LogP contribution in [0.4, 0.5) is 5.82 Å². The summed E-state index contributed by atoms with van der Waals surface area (Å²) in [5.41, 5.74) is 8.05. The first-order valence-corrected chi connectivity index (χ1v) is 6.06. The van der Waals surface area contributed by atoms with E-state index in [0.29, 0.717) is 26.3 Å². The number of hydrogen-bond donors (Lipinski definition) is 2. The first-order valence-electron chi connectivity index (χ1n) is 6.06. The summed E-state index contributed by atoms with van der Waals surface area (Å²) in [6.07, 6.45) is 0. The van der Waals surface area contributed by atoms with Gasteiger partial charge in [0.15, 0.2) is 0 Å². The number of nitrogens with one attached hydrogen (secondary N) is 1. The minimum absolute atomic E-state index is 0.550. The van der Waals surface area contributed by atoms with Gasteiger partial charge in [-0.15, -0.1) is 0 Å². The molecule has 0 spiro atoms. The molecule has 0 amide bonds. The number of nitrogens with zero attached hydrogens (tertiary/aromatic N) is 2. The van der Waals surface area contributed by atoms with Crippen LogP contribution in [0, 0.1) is 6.92 Å². The highest BCUT2D eigenvalue weighted by Crippen LogP contribution is 2.15. The van der Waals surface area contributed by atoms with E-state index < -0.39 is 0 Å². The average molecular weight is 246 g/mol. The van der Waals surface area contributed by atoms with Gasteiger partial charge in [0.1, 0.15) is 5.82 Å². The molecule has 1 aromatic carbocycles. The summed E-state index contributed by atoms with van der Waals surface area (Å²) < 4.78 is 5.30. The molecule has 0 radical (unpaired) electrons. The van der Waals surface area contributed by atoms with Gasteiger partial charge in [0.2, 0.25) is 0 Å². The van der Waals surface area contributed by atoms with Crippen LogP contribution < -0.4 is 11.1 Å². The van der Waals surface area contributed by atoms with Gasteiger partial charge in [0.05, 0.1) is 29.9 Å². The largest absolute Gasteiger partial charge is 0.378 e. The van der Waals surface area contributed by atoms with Gasteiger partial charge in [-0.05, 0) is 19.1 Å². The van der Waals surface area contributed by atoms with Crippen molar-refractivity contribution in [2.24, 2.45) is 5.73 Å². The van der Waals surface area contributed by atoms with Crippen molar-refractivity contribution in [3.63, 3.8) is 0 Å². The molecule has 1 aromatic heterocycles. The Labute approximate surface area is 106 Å². The molecule has 0 saturated heterocycles. The lowest BCUT2D eigenvalue weighted by Crippen LogP contribution is -2.15. The topological polar surface area (TPSA) is 73.1 Å². The number of benzene rings is 1. The number of para-hydroxylation sites is 2. The second-order valence-electron chi connectivity index (χ2n) is 3.97. The zero-order valence-electron chi connectivity index (χ0n) is 10.5. The normalized spacial score (nSPS) is 10.8. The van der Waals surface area contributed by atoms with E-state index in [-0.39, 0.29) is 0 Å². The van der Waals surface area contributed by atoms with Crippen LogP contribution >= 0.6 is 0 Å². The van der Waals surface area contributed by atoms with Crippen LogP contribution in [0.1, 0.15) is 5.69 Å². The zero-order chi connectivity index (χ0) is 12.8. The van der Waals surface area contributed by atoms with Crippen molar-refractivity contribution >= 4 is 16.9 Å². The molecule has 0 bridgehead atoms. The third-order valence-corrected chi connectivity index (χ3v) is 2.55. The number of ether oxygens (including phenoxy) is 1. The Hall–Kier alpha value is -1.72. The molecule has 0 fully saturated rings. The Balaban J connectivity index is 2.01. The van der Waals surface area contributed by atoms with Gasteiger partial charge < -0.3 is 15.8 Å².